The summed E-state index contributed by atoms with van der Waals surface area (Å²) in [6.45, 7) is 4.15. The summed E-state index contributed by atoms with van der Waals surface area (Å²) in [6.07, 6.45) is 8.36. The lowest BCUT2D eigenvalue weighted by Crippen LogP contribution is -2.42. The first-order valence-electron chi connectivity index (χ1n) is 7.75. The van der Waals surface area contributed by atoms with Crippen molar-refractivity contribution in [1.82, 2.24) is 4.90 Å². The van der Waals surface area contributed by atoms with Gasteiger partial charge in [0.25, 0.3) is 0 Å². The van der Waals surface area contributed by atoms with Crippen LogP contribution in [-0.2, 0) is 4.74 Å². The molecule has 21 heavy (non-hydrogen) atoms. The number of nitrogens with zero attached hydrogens (tertiary/aromatic N) is 2. The number of hydrogen-bond acceptors (Lipinski definition) is 2. The normalized spacial score (nSPS) is 25.8. The number of likely N-dealkylation sites (tertiary alicyclic amines) is 1. The van der Waals surface area contributed by atoms with Gasteiger partial charge >= 0.3 is 0 Å². The van der Waals surface area contributed by atoms with E-state index in [1.807, 2.05) is 31.2 Å². The van der Waals surface area contributed by atoms with Gasteiger partial charge in [-0.2, -0.15) is 0 Å². The highest BCUT2D eigenvalue weighted by Gasteiger charge is 2.28. The van der Waals surface area contributed by atoms with Crippen LogP contribution in [0.25, 0.3) is 0 Å². The molecular formula is C17H23N3O. The van der Waals surface area contributed by atoms with Crippen LogP contribution in [0.1, 0.15) is 32.6 Å². The number of guanidine groups is 1. The lowest BCUT2D eigenvalue weighted by Gasteiger charge is -2.32. The average molecular weight is 285 g/mol. The van der Waals surface area contributed by atoms with Crippen molar-refractivity contribution in [1.29, 1.82) is 0 Å². The van der Waals surface area contributed by atoms with Gasteiger partial charge in [0, 0.05) is 25.2 Å². The average Bonchev–Trinajstić information content (AvgIpc) is 2.95. The van der Waals surface area contributed by atoms with Crippen LogP contribution >= 0.6 is 0 Å². The summed E-state index contributed by atoms with van der Waals surface area (Å²) in [5.74, 6) is 0.923. The molecule has 0 spiro atoms. The van der Waals surface area contributed by atoms with E-state index in [1.54, 1.807) is 6.26 Å². The van der Waals surface area contributed by atoms with E-state index in [9.17, 15) is 0 Å². The number of hydrogen-bond donors (Lipinski definition) is 1. The molecule has 0 aliphatic carbocycles. The van der Waals surface area contributed by atoms with E-state index in [4.69, 9.17) is 9.73 Å². The number of ether oxygens (including phenoxy) is 1. The van der Waals surface area contributed by atoms with Crippen molar-refractivity contribution in [2.24, 2.45) is 4.99 Å². The number of para-hydroxylation sites is 1. The number of anilines is 1. The number of rotatable bonds is 2. The van der Waals surface area contributed by atoms with Gasteiger partial charge < -0.3 is 15.0 Å². The van der Waals surface area contributed by atoms with Crippen LogP contribution in [0.2, 0.25) is 0 Å². The fourth-order valence-electron chi connectivity index (χ4n) is 2.74. The minimum absolute atomic E-state index is 0.478. The number of piperidine rings is 1. The van der Waals surface area contributed by atoms with Crippen molar-refractivity contribution in [3.05, 3.63) is 42.7 Å². The van der Waals surface area contributed by atoms with E-state index in [2.05, 4.69) is 22.3 Å². The van der Waals surface area contributed by atoms with Gasteiger partial charge in [-0.1, -0.05) is 18.2 Å². The Bertz CT molecular complexity index is 510. The van der Waals surface area contributed by atoms with Gasteiger partial charge in [0.15, 0.2) is 0 Å². The Balaban J connectivity index is 1.81. The first kappa shape index (κ1) is 14.0. The summed E-state index contributed by atoms with van der Waals surface area (Å²) in [5.41, 5.74) is 0.588. The second-order valence-corrected chi connectivity index (χ2v) is 5.84. The molecule has 0 amide bonds. The highest BCUT2D eigenvalue weighted by atomic mass is 16.5. The molecular weight excluding hydrogens is 262 g/mol. The molecule has 2 aliphatic heterocycles. The molecule has 4 nitrogen and oxygen atoms in total. The summed E-state index contributed by atoms with van der Waals surface area (Å²) in [4.78, 5) is 7.21. The molecule has 1 atom stereocenters. The third-order valence-electron chi connectivity index (χ3n) is 3.94. The zero-order valence-electron chi connectivity index (χ0n) is 12.6. The van der Waals surface area contributed by atoms with Gasteiger partial charge in [0.1, 0.15) is 0 Å². The Kier molecular flexibility index (Phi) is 4.13. The van der Waals surface area contributed by atoms with Crippen LogP contribution in [0.15, 0.2) is 47.7 Å². The lowest BCUT2D eigenvalue weighted by molar-refractivity contribution is 0.0712. The highest BCUT2D eigenvalue weighted by Crippen LogP contribution is 2.25. The van der Waals surface area contributed by atoms with Crippen molar-refractivity contribution in [2.45, 2.75) is 38.3 Å². The van der Waals surface area contributed by atoms with Gasteiger partial charge in [-0.3, -0.25) is 0 Å². The SMILES string of the molecule is CC1(N=C(Nc2ccccc2)N2CCCCC2)CC=CO1. The second-order valence-electron chi connectivity index (χ2n) is 5.84. The van der Waals surface area contributed by atoms with E-state index < -0.39 is 5.72 Å². The molecule has 2 heterocycles. The molecule has 1 fully saturated rings. The van der Waals surface area contributed by atoms with Crippen molar-refractivity contribution in [2.75, 3.05) is 18.4 Å². The summed E-state index contributed by atoms with van der Waals surface area (Å²) in [7, 11) is 0. The van der Waals surface area contributed by atoms with Crippen LogP contribution in [-0.4, -0.2) is 29.7 Å². The monoisotopic (exact) mass is 285 g/mol. The van der Waals surface area contributed by atoms with E-state index in [-0.39, 0.29) is 0 Å². The number of nitrogens with one attached hydrogen (secondary N) is 1. The van der Waals surface area contributed by atoms with Crippen LogP contribution in [0.4, 0.5) is 5.69 Å². The van der Waals surface area contributed by atoms with Crippen molar-refractivity contribution >= 4 is 11.6 Å². The third-order valence-corrected chi connectivity index (χ3v) is 3.94. The maximum atomic E-state index is 5.66. The van der Waals surface area contributed by atoms with Gasteiger partial charge in [-0.05, 0) is 44.4 Å². The van der Waals surface area contributed by atoms with Crippen molar-refractivity contribution in [3.63, 3.8) is 0 Å². The molecule has 4 heteroatoms. The standard InChI is InChI=1S/C17H23N3O/c1-17(11-8-14-21-17)19-16(20-12-6-3-7-13-20)18-15-9-4-2-5-10-15/h2,4-5,8-10,14H,3,6-7,11-13H2,1H3,(H,18,19). The van der Waals surface area contributed by atoms with Crippen LogP contribution in [0.5, 0.6) is 0 Å². The van der Waals surface area contributed by atoms with Gasteiger partial charge in [-0.15, -0.1) is 0 Å². The smallest absolute Gasteiger partial charge is 0.203 e. The molecule has 0 radical (unpaired) electrons. The Labute approximate surface area is 126 Å². The first-order chi connectivity index (χ1) is 10.3. The highest BCUT2D eigenvalue weighted by molar-refractivity contribution is 5.94. The van der Waals surface area contributed by atoms with E-state index >= 15 is 0 Å². The van der Waals surface area contributed by atoms with Gasteiger partial charge in [0.2, 0.25) is 11.7 Å². The van der Waals surface area contributed by atoms with Gasteiger partial charge in [-0.25, -0.2) is 4.99 Å². The molecule has 3 rings (SSSR count). The summed E-state index contributed by atoms with van der Waals surface area (Å²) >= 11 is 0. The summed E-state index contributed by atoms with van der Waals surface area (Å²) in [5, 5.41) is 3.47. The number of benzene rings is 1. The number of aliphatic imine (C=N–C) groups is 1. The summed E-state index contributed by atoms with van der Waals surface area (Å²) < 4.78 is 5.66. The molecule has 0 aromatic heterocycles. The Hall–Kier alpha value is -1.97. The topological polar surface area (TPSA) is 36.9 Å². The largest absolute Gasteiger partial charge is 0.474 e. The maximum absolute atomic E-state index is 5.66. The van der Waals surface area contributed by atoms with E-state index in [1.165, 1.54) is 19.3 Å². The van der Waals surface area contributed by atoms with E-state index in [0.717, 1.165) is 31.2 Å². The fourth-order valence-corrected chi connectivity index (χ4v) is 2.74. The van der Waals surface area contributed by atoms with Crippen molar-refractivity contribution in [3.8, 4) is 0 Å². The molecule has 0 bridgehead atoms. The maximum Gasteiger partial charge on any atom is 0.203 e. The lowest BCUT2D eigenvalue weighted by atomic mass is 10.1. The van der Waals surface area contributed by atoms with Crippen LogP contribution in [0, 0.1) is 0 Å². The van der Waals surface area contributed by atoms with Crippen LogP contribution < -0.4 is 5.32 Å². The molecule has 112 valence electrons. The Morgan fingerprint density at radius 2 is 1.95 bits per heavy atom. The van der Waals surface area contributed by atoms with Gasteiger partial charge in [0.05, 0.1) is 6.26 Å². The first-order valence-corrected chi connectivity index (χ1v) is 7.75. The third kappa shape index (κ3) is 3.57. The molecule has 1 N–H and O–H groups in total. The molecule has 1 saturated heterocycles. The quantitative estimate of drug-likeness (QED) is 0.666. The predicted octanol–water partition coefficient (Wildman–Crippen LogP) is 3.59. The minimum Gasteiger partial charge on any atom is -0.474 e. The fraction of sp³-hybridized carbons (Fsp3) is 0.471. The van der Waals surface area contributed by atoms with Crippen molar-refractivity contribution < 1.29 is 4.74 Å². The predicted molar refractivity (Wildman–Crippen MR) is 86.2 cm³/mol. The molecule has 1 aromatic carbocycles. The molecule has 2 aliphatic rings. The molecule has 1 unspecified atom stereocenters. The zero-order valence-corrected chi connectivity index (χ0v) is 12.6. The van der Waals surface area contributed by atoms with Crippen LogP contribution in [0.3, 0.4) is 0 Å². The van der Waals surface area contributed by atoms with E-state index in [0.29, 0.717) is 0 Å². The second kappa shape index (κ2) is 6.20. The Morgan fingerprint density at radius 3 is 2.62 bits per heavy atom. The Morgan fingerprint density at radius 1 is 1.19 bits per heavy atom. The molecule has 1 aromatic rings. The summed E-state index contributed by atoms with van der Waals surface area (Å²) in [6, 6.07) is 10.2. The minimum atomic E-state index is -0.478. The molecule has 0 saturated carbocycles. The zero-order chi connectivity index (χ0) is 14.5.